The molecule has 1 unspecified atom stereocenters. The number of carbonyl (C=O) groups excluding carboxylic acids is 2. The van der Waals surface area contributed by atoms with Gasteiger partial charge in [-0.15, -0.1) is 0 Å². The Morgan fingerprint density at radius 3 is 2.63 bits per heavy atom. The summed E-state index contributed by atoms with van der Waals surface area (Å²) in [7, 11) is 0. The molecule has 2 aliphatic rings. The number of nitrogens with zero attached hydrogens (tertiary/aromatic N) is 4. The van der Waals surface area contributed by atoms with Gasteiger partial charge in [0.05, 0.1) is 6.42 Å². The number of aromatic nitrogens is 2. The Bertz CT molecular complexity index is 860. The third-order valence-electron chi connectivity index (χ3n) is 6.30. The van der Waals surface area contributed by atoms with Crippen LogP contribution in [0.15, 0.2) is 34.9 Å². The van der Waals surface area contributed by atoms with Crippen molar-refractivity contribution >= 4 is 11.8 Å². The van der Waals surface area contributed by atoms with E-state index in [4.69, 9.17) is 4.52 Å². The van der Waals surface area contributed by atoms with Gasteiger partial charge in [0, 0.05) is 26.1 Å². The first-order valence-electron chi connectivity index (χ1n) is 11.0. The molecule has 0 spiro atoms. The molecule has 1 atom stereocenters. The predicted octanol–water partition coefficient (Wildman–Crippen LogP) is 3.13. The van der Waals surface area contributed by atoms with Crippen LogP contribution in [0, 0.1) is 12.8 Å². The van der Waals surface area contributed by atoms with Crippen molar-refractivity contribution in [3.05, 3.63) is 47.6 Å². The van der Waals surface area contributed by atoms with Gasteiger partial charge in [-0.2, -0.15) is 4.98 Å². The van der Waals surface area contributed by atoms with Crippen LogP contribution in [-0.4, -0.2) is 50.9 Å². The van der Waals surface area contributed by atoms with Crippen LogP contribution in [0.5, 0.6) is 0 Å². The van der Waals surface area contributed by atoms with Crippen molar-refractivity contribution in [1.82, 2.24) is 19.9 Å². The Labute approximate surface area is 177 Å². The highest BCUT2D eigenvalue weighted by molar-refractivity contribution is 5.89. The van der Waals surface area contributed by atoms with Crippen molar-refractivity contribution in [1.29, 1.82) is 0 Å². The lowest BCUT2D eigenvalue weighted by Crippen LogP contribution is -2.59. The van der Waals surface area contributed by atoms with Gasteiger partial charge in [-0.1, -0.05) is 61.2 Å². The summed E-state index contributed by atoms with van der Waals surface area (Å²) < 4.78 is 5.27. The van der Waals surface area contributed by atoms with Gasteiger partial charge in [-0.25, -0.2) is 0 Å². The van der Waals surface area contributed by atoms with E-state index in [2.05, 4.69) is 10.1 Å². The van der Waals surface area contributed by atoms with Gasteiger partial charge in [0.15, 0.2) is 5.82 Å². The SMILES string of the molecule is Cc1noc(CC2C(=O)N(Cc3ccccc3)CCN2C(=O)CCC2CCCC2)n1. The molecular formula is C23H30N4O3. The molecule has 2 heterocycles. The van der Waals surface area contributed by atoms with Gasteiger partial charge < -0.3 is 14.3 Å². The number of amides is 2. The largest absolute Gasteiger partial charge is 0.339 e. The number of aryl methyl sites for hydroxylation is 1. The van der Waals surface area contributed by atoms with E-state index >= 15 is 0 Å². The molecule has 160 valence electrons. The molecule has 2 aromatic rings. The molecule has 1 saturated heterocycles. The summed E-state index contributed by atoms with van der Waals surface area (Å²) in [6, 6.07) is 9.36. The zero-order valence-electron chi connectivity index (χ0n) is 17.6. The van der Waals surface area contributed by atoms with Crippen molar-refractivity contribution in [3.8, 4) is 0 Å². The van der Waals surface area contributed by atoms with Crippen molar-refractivity contribution < 1.29 is 14.1 Å². The number of piperazine rings is 1. The second kappa shape index (κ2) is 9.41. The van der Waals surface area contributed by atoms with E-state index in [0.717, 1.165) is 12.0 Å². The zero-order chi connectivity index (χ0) is 20.9. The summed E-state index contributed by atoms with van der Waals surface area (Å²) in [5.41, 5.74) is 1.08. The summed E-state index contributed by atoms with van der Waals surface area (Å²) in [6.45, 7) is 3.38. The molecule has 1 aliphatic heterocycles. The number of benzene rings is 1. The Morgan fingerprint density at radius 1 is 1.17 bits per heavy atom. The monoisotopic (exact) mass is 410 g/mol. The second-order valence-electron chi connectivity index (χ2n) is 8.48. The summed E-state index contributed by atoms with van der Waals surface area (Å²) in [5, 5.41) is 3.84. The average Bonchev–Trinajstić information content (AvgIpc) is 3.42. The van der Waals surface area contributed by atoms with E-state index in [9.17, 15) is 9.59 Å². The van der Waals surface area contributed by atoms with Crippen LogP contribution in [0.25, 0.3) is 0 Å². The van der Waals surface area contributed by atoms with E-state index in [1.807, 2.05) is 35.2 Å². The first-order valence-corrected chi connectivity index (χ1v) is 11.0. The van der Waals surface area contributed by atoms with Crippen LogP contribution < -0.4 is 0 Å². The lowest BCUT2D eigenvalue weighted by molar-refractivity contribution is -0.152. The number of hydrogen-bond donors (Lipinski definition) is 0. The molecular weight excluding hydrogens is 380 g/mol. The highest BCUT2D eigenvalue weighted by Crippen LogP contribution is 2.29. The molecule has 2 fully saturated rings. The minimum Gasteiger partial charge on any atom is -0.339 e. The van der Waals surface area contributed by atoms with Crippen LogP contribution >= 0.6 is 0 Å². The van der Waals surface area contributed by atoms with E-state index in [1.165, 1.54) is 25.7 Å². The van der Waals surface area contributed by atoms with E-state index in [-0.39, 0.29) is 18.2 Å². The molecule has 4 rings (SSSR count). The molecule has 1 aliphatic carbocycles. The average molecular weight is 411 g/mol. The van der Waals surface area contributed by atoms with E-state index < -0.39 is 6.04 Å². The van der Waals surface area contributed by atoms with Crippen molar-refractivity contribution in [3.63, 3.8) is 0 Å². The van der Waals surface area contributed by atoms with E-state index in [0.29, 0.717) is 43.7 Å². The summed E-state index contributed by atoms with van der Waals surface area (Å²) >= 11 is 0. The Hall–Kier alpha value is -2.70. The molecule has 1 saturated carbocycles. The second-order valence-corrected chi connectivity index (χ2v) is 8.48. The van der Waals surface area contributed by atoms with Crippen molar-refractivity contribution in [2.75, 3.05) is 13.1 Å². The fraction of sp³-hybridized carbons (Fsp3) is 0.565. The number of hydrogen-bond acceptors (Lipinski definition) is 5. The van der Waals surface area contributed by atoms with Gasteiger partial charge in [-0.05, 0) is 24.8 Å². The summed E-state index contributed by atoms with van der Waals surface area (Å²) in [5.74, 6) is 1.61. The molecule has 0 N–H and O–H groups in total. The van der Waals surface area contributed by atoms with Gasteiger partial charge in [-0.3, -0.25) is 9.59 Å². The standard InChI is InChI=1S/C23H30N4O3/c1-17-24-21(30-25-17)15-20-23(29)26(16-19-9-3-2-4-10-19)13-14-27(20)22(28)12-11-18-7-5-6-8-18/h2-4,9-10,18,20H,5-8,11-16H2,1H3. The van der Waals surface area contributed by atoms with Crippen LogP contribution in [0.4, 0.5) is 0 Å². The molecule has 2 amide bonds. The lowest BCUT2D eigenvalue weighted by Gasteiger charge is -2.40. The predicted molar refractivity (Wildman–Crippen MR) is 111 cm³/mol. The Balaban J connectivity index is 1.47. The van der Waals surface area contributed by atoms with Crippen LogP contribution in [0.3, 0.4) is 0 Å². The minimum absolute atomic E-state index is 0.0461. The van der Waals surface area contributed by atoms with Crippen molar-refractivity contribution in [2.24, 2.45) is 5.92 Å². The first kappa shape index (κ1) is 20.6. The highest BCUT2D eigenvalue weighted by atomic mass is 16.5. The molecule has 0 radical (unpaired) electrons. The summed E-state index contributed by atoms with van der Waals surface area (Å²) in [6.07, 6.45) is 6.69. The maximum atomic E-state index is 13.4. The maximum Gasteiger partial charge on any atom is 0.246 e. The number of rotatable bonds is 7. The van der Waals surface area contributed by atoms with Gasteiger partial charge >= 0.3 is 0 Å². The van der Waals surface area contributed by atoms with Gasteiger partial charge in [0.1, 0.15) is 6.04 Å². The van der Waals surface area contributed by atoms with Crippen LogP contribution in [-0.2, 0) is 22.6 Å². The highest BCUT2D eigenvalue weighted by Gasteiger charge is 2.38. The van der Waals surface area contributed by atoms with Crippen LogP contribution in [0.2, 0.25) is 0 Å². The molecule has 1 aromatic carbocycles. The topological polar surface area (TPSA) is 79.5 Å². The van der Waals surface area contributed by atoms with E-state index in [1.54, 1.807) is 11.8 Å². The molecule has 7 heteroatoms. The molecule has 1 aromatic heterocycles. The maximum absolute atomic E-state index is 13.4. The zero-order valence-corrected chi connectivity index (χ0v) is 17.6. The molecule has 0 bridgehead atoms. The van der Waals surface area contributed by atoms with Crippen LogP contribution in [0.1, 0.15) is 55.8 Å². The summed E-state index contributed by atoms with van der Waals surface area (Å²) in [4.78, 5) is 34.3. The third kappa shape index (κ3) is 4.89. The normalized spacial score (nSPS) is 20.2. The Kier molecular flexibility index (Phi) is 6.45. The fourth-order valence-electron chi connectivity index (χ4n) is 4.65. The van der Waals surface area contributed by atoms with Crippen molar-refractivity contribution in [2.45, 2.75) is 64.5 Å². The van der Waals surface area contributed by atoms with Gasteiger partial charge in [0.2, 0.25) is 17.7 Å². The molecule has 30 heavy (non-hydrogen) atoms. The smallest absolute Gasteiger partial charge is 0.246 e. The first-order chi connectivity index (χ1) is 14.6. The minimum atomic E-state index is -0.585. The third-order valence-corrected chi connectivity index (χ3v) is 6.30. The number of carbonyl (C=O) groups is 2. The molecule has 7 nitrogen and oxygen atoms in total. The lowest BCUT2D eigenvalue weighted by atomic mass is 10.00. The Morgan fingerprint density at radius 2 is 1.93 bits per heavy atom. The van der Waals surface area contributed by atoms with Gasteiger partial charge in [0.25, 0.3) is 0 Å². The fourth-order valence-corrected chi connectivity index (χ4v) is 4.65. The quantitative estimate of drug-likeness (QED) is 0.701.